The molecule has 33 heavy (non-hydrogen) atoms. The van der Waals surface area contributed by atoms with E-state index in [1.807, 2.05) is 43.9 Å². The Balaban J connectivity index is 1.51. The zero-order chi connectivity index (χ0) is 24.0. The smallest absolute Gasteiger partial charge is 0.412 e. The summed E-state index contributed by atoms with van der Waals surface area (Å²) in [5.74, 6) is 1.42. The van der Waals surface area contributed by atoms with E-state index >= 15 is 0 Å². The molecule has 0 aromatic heterocycles. The third-order valence-electron chi connectivity index (χ3n) is 5.29. The topological polar surface area (TPSA) is 80.3 Å². The maximum atomic E-state index is 12.9. The van der Waals surface area contributed by atoms with Gasteiger partial charge in [0.2, 0.25) is 0 Å². The van der Waals surface area contributed by atoms with Crippen molar-refractivity contribution in [2.24, 2.45) is 0 Å². The Morgan fingerprint density at radius 2 is 1.55 bits per heavy atom. The molecule has 2 aromatic carbocycles. The first-order valence-corrected chi connectivity index (χ1v) is 11.0. The summed E-state index contributed by atoms with van der Waals surface area (Å²) in [4.78, 5) is 29.0. The Hall–Kier alpha value is -3.26. The van der Waals surface area contributed by atoms with Crippen molar-refractivity contribution in [3.05, 3.63) is 53.6 Å². The van der Waals surface area contributed by atoms with E-state index in [4.69, 9.17) is 14.2 Å². The predicted octanol–water partition coefficient (Wildman–Crippen LogP) is 4.01. The second kappa shape index (κ2) is 10.6. The zero-order valence-corrected chi connectivity index (χ0v) is 20.0. The lowest BCUT2D eigenvalue weighted by molar-refractivity contribution is 0.0624. The lowest BCUT2D eigenvalue weighted by Crippen LogP contribution is -2.48. The maximum absolute atomic E-state index is 12.9. The van der Waals surface area contributed by atoms with Crippen LogP contribution >= 0.6 is 0 Å². The van der Waals surface area contributed by atoms with Crippen LogP contribution in [0, 0.1) is 0 Å². The van der Waals surface area contributed by atoms with Gasteiger partial charge in [-0.05, 0) is 62.7 Å². The van der Waals surface area contributed by atoms with E-state index in [1.165, 1.54) is 0 Å². The van der Waals surface area contributed by atoms with Gasteiger partial charge in [0.25, 0.3) is 5.91 Å². The molecule has 1 aliphatic rings. The van der Waals surface area contributed by atoms with Crippen LogP contribution in [0.1, 0.15) is 36.7 Å². The number of nitrogens with zero attached hydrogens (tertiary/aromatic N) is 2. The van der Waals surface area contributed by atoms with Gasteiger partial charge in [-0.3, -0.25) is 15.0 Å². The average Bonchev–Trinajstić information content (AvgIpc) is 2.78. The predicted molar refractivity (Wildman–Crippen MR) is 127 cm³/mol. The molecule has 2 amide bonds. The van der Waals surface area contributed by atoms with E-state index in [-0.39, 0.29) is 5.91 Å². The fourth-order valence-electron chi connectivity index (χ4n) is 3.65. The minimum atomic E-state index is -0.568. The summed E-state index contributed by atoms with van der Waals surface area (Å²) in [6, 6.07) is 12.8. The van der Waals surface area contributed by atoms with Crippen molar-refractivity contribution < 1.29 is 23.8 Å². The highest BCUT2D eigenvalue weighted by Gasteiger charge is 2.23. The van der Waals surface area contributed by atoms with Crippen LogP contribution in [-0.4, -0.2) is 67.8 Å². The second-order valence-electron chi connectivity index (χ2n) is 8.96. The molecule has 0 bridgehead atoms. The third-order valence-corrected chi connectivity index (χ3v) is 5.29. The summed E-state index contributed by atoms with van der Waals surface area (Å²) in [5, 5.41) is 2.68. The Morgan fingerprint density at radius 1 is 0.909 bits per heavy atom. The highest BCUT2D eigenvalue weighted by atomic mass is 16.6. The number of anilines is 1. The molecule has 0 atom stereocenters. The molecule has 1 N–H and O–H groups in total. The van der Waals surface area contributed by atoms with Gasteiger partial charge in [-0.25, -0.2) is 4.79 Å². The summed E-state index contributed by atoms with van der Waals surface area (Å²) in [5.41, 5.74) is 1.75. The van der Waals surface area contributed by atoms with Crippen LogP contribution in [0.5, 0.6) is 11.5 Å². The van der Waals surface area contributed by atoms with Crippen molar-refractivity contribution >= 4 is 17.7 Å². The van der Waals surface area contributed by atoms with Crippen LogP contribution < -0.4 is 14.8 Å². The molecule has 1 aliphatic heterocycles. The van der Waals surface area contributed by atoms with E-state index in [9.17, 15) is 9.59 Å². The number of hydrogen-bond donors (Lipinski definition) is 1. The van der Waals surface area contributed by atoms with Crippen LogP contribution in [-0.2, 0) is 11.3 Å². The number of amides is 2. The van der Waals surface area contributed by atoms with Crippen molar-refractivity contribution in [2.45, 2.75) is 32.9 Å². The lowest BCUT2D eigenvalue weighted by Gasteiger charge is -2.35. The molecule has 3 rings (SSSR count). The fraction of sp³-hybridized carbons (Fsp3) is 0.440. The number of methoxy groups -OCH3 is 2. The van der Waals surface area contributed by atoms with Crippen LogP contribution in [0.4, 0.5) is 10.5 Å². The van der Waals surface area contributed by atoms with Gasteiger partial charge in [0.05, 0.1) is 14.2 Å². The maximum Gasteiger partial charge on any atom is 0.412 e. The molecule has 178 valence electrons. The third kappa shape index (κ3) is 6.86. The van der Waals surface area contributed by atoms with Gasteiger partial charge in [0.15, 0.2) is 11.5 Å². The van der Waals surface area contributed by atoms with Gasteiger partial charge in [-0.1, -0.05) is 6.07 Å². The molecular formula is C25H33N3O5. The fourth-order valence-corrected chi connectivity index (χ4v) is 3.65. The van der Waals surface area contributed by atoms with E-state index in [0.717, 1.165) is 25.2 Å². The van der Waals surface area contributed by atoms with Gasteiger partial charge in [0, 0.05) is 44.0 Å². The number of nitrogens with one attached hydrogen (secondary N) is 1. The summed E-state index contributed by atoms with van der Waals surface area (Å²) < 4.78 is 15.9. The average molecular weight is 456 g/mol. The van der Waals surface area contributed by atoms with Gasteiger partial charge < -0.3 is 19.1 Å². The van der Waals surface area contributed by atoms with Crippen molar-refractivity contribution in [1.82, 2.24) is 9.80 Å². The van der Waals surface area contributed by atoms with Crippen molar-refractivity contribution in [1.29, 1.82) is 0 Å². The highest BCUT2D eigenvalue weighted by Crippen LogP contribution is 2.28. The van der Waals surface area contributed by atoms with Crippen LogP contribution in [0.15, 0.2) is 42.5 Å². The van der Waals surface area contributed by atoms with E-state index < -0.39 is 11.7 Å². The number of carbonyl (C=O) groups excluding carboxylic acids is 2. The Bertz CT molecular complexity index is 961. The van der Waals surface area contributed by atoms with Crippen LogP contribution in [0.25, 0.3) is 0 Å². The molecular weight excluding hydrogens is 422 g/mol. The molecule has 0 saturated carbocycles. The molecule has 1 heterocycles. The first-order valence-electron chi connectivity index (χ1n) is 11.0. The second-order valence-corrected chi connectivity index (χ2v) is 8.96. The number of hydrogen-bond acceptors (Lipinski definition) is 6. The van der Waals surface area contributed by atoms with Crippen molar-refractivity contribution in [3.63, 3.8) is 0 Å². The molecule has 8 nitrogen and oxygen atoms in total. The zero-order valence-electron chi connectivity index (χ0n) is 20.0. The quantitative estimate of drug-likeness (QED) is 0.709. The van der Waals surface area contributed by atoms with Gasteiger partial charge >= 0.3 is 6.09 Å². The number of rotatable bonds is 6. The van der Waals surface area contributed by atoms with Crippen LogP contribution in [0.3, 0.4) is 0 Å². The van der Waals surface area contributed by atoms with E-state index in [1.54, 1.807) is 38.5 Å². The standard InChI is InChI=1S/C25H33N3O5/c1-25(2,3)33-24(30)26-20-9-7-19(8-10-20)23(29)28-14-12-27(13-15-28)17-18-6-11-21(31-4)22(16-18)32-5/h6-11,16H,12-15,17H2,1-5H3,(H,26,30). The minimum absolute atomic E-state index is 0.00964. The Morgan fingerprint density at radius 3 is 2.12 bits per heavy atom. The summed E-state index contributed by atoms with van der Waals surface area (Å²) in [6.07, 6.45) is -0.521. The summed E-state index contributed by atoms with van der Waals surface area (Å²) in [6.45, 7) is 9.10. The van der Waals surface area contributed by atoms with Gasteiger partial charge in [-0.15, -0.1) is 0 Å². The lowest BCUT2D eigenvalue weighted by atomic mass is 10.1. The summed E-state index contributed by atoms with van der Waals surface area (Å²) >= 11 is 0. The molecule has 0 radical (unpaired) electrons. The van der Waals surface area contributed by atoms with Crippen LogP contribution in [0.2, 0.25) is 0 Å². The van der Waals surface area contributed by atoms with Gasteiger partial charge in [-0.2, -0.15) is 0 Å². The van der Waals surface area contributed by atoms with Gasteiger partial charge in [0.1, 0.15) is 5.60 Å². The first-order chi connectivity index (χ1) is 15.7. The monoisotopic (exact) mass is 455 g/mol. The first kappa shape index (κ1) is 24.4. The molecule has 0 spiro atoms. The molecule has 8 heteroatoms. The summed E-state index contributed by atoms with van der Waals surface area (Å²) in [7, 11) is 3.25. The number of benzene rings is 2. The van der Waals surface area contributed by atoms with E-state index in [0.29, 0.717) is 35.8 Å². The molecule has 1 saturated heterocycles. The molecule has 1 fully saturated rings. The number of carbonyl (C=O) groups is 2. The SMILES string of the molecule is COc1ccc(CN2CCN(C(=O)c3ccc(NC(=O)OC(C)(C)C)cc3)CC2)cc1OC. The molecule has 0 aliphatic carbocycles. The molecule has 0 unspecified atom stereocenters. The number of ether oxygens (including phenoxy) is 3. The molecule has 2 aromatic rings. The minimum Gasteiger partial charge on any atom is -0.493 e. The van der Waals surface area contributed by atoms with E-state index in [2.05, 4.69) is 10.2 Å². The Kier molecular flexibility index (Phi) is 7.81. The number of piperazine rings is 1. The normalized spacial score (nSPS) is 14.5. The van der Waals surface area contributed by atoms with Crippen molar-refractivity contribution in [2.75, 3.05) is 45.7 Å². The highest BCUT2D eigenvalue weighted by molar-refractivity contribution is 5.95. The van der Waals surface area contributed by atoms with Crippen molar-refractivity contribution in [3.8, 4) is 11.5 Å². The largest absolute Gasteiger partial charge is 0.493 e. The Labute approximate surface area is 195 Å².